The summed E-state index contributed by atoms with van der Waals surface area (Å²) in [6.07, 6.45) is 3.25. The van der Waals surface area contributed by atoms with Crippen molar-refractivity contribution in [3.05, 3.63) is 58.1 Å². The summed E-state index contributed by atoms with van der Waals surface area (Å²) < 4.78 is 1.10. The number of H-pyrrole nitrogens is 1. The molecule has 3 rings (SSSR count). The minimum Gasteiger partial charge on any atom is -0.354 e. The van der Waals surface area contributed by atoms with Crippen LogP contribution in [-0.4, -0.2) is 11.5 Å². The third-order valence-corrected chi connectivity index (χ3v) is 4.55. The van der Waals surface area contributed by atoms with Gasteiger partial charge in [0.25, 0.3) is 0 Å². The van der Waals surface area contributed by atoms with Gasteiger partial charge in [-0.25, -0.2) is 0 Å². The van der Waals surface area contributed by atoms with Crippen LogP contribution >= 0.6 is 15.9 Å². The van der Waals surface area contributed by atoms with Gasteiger partial charge in [0.1, 0.15) is 0 Å². The van der Waals surface area contributed by atoms with Crippen molar-refractivity contribution in [1.29, 1.82) is 0 Å². The lowest BCUT2D eigenvalue weighted by Crippen LogP contribution is -1.99. The zero-order chi connectivity index (χ0) is 15.5. The molecule has 0 saturated carbocycles. The molecular weight excluding hydrogens is 336 g/mol. The molecular formula is C19H21BrN2. The van der Waals surface area contributed by atoms with Crippen molar-refractivity contribution in [1.82, 2.24) is 4.98 Å². The molecule has 0 radical (unpaired) electrons. The Kier molecular flexibility index (Phi) is 4.65. The molecule has 2 aromatic carbocycles. The van der Waals surface area contributed by atoms with Crippen LogP contribution in [0.1, 0.15) is 24.0 Å². The molecule has 1 aromatic heterocycles. The van der Waals surface area contributed by atoms with Crippen LogP contribution in [0.2, 0.25) is 0 Å². The molecule has 0 aliphatic carbocycles. The largest absolute Gasteiger partial charge is 0.354 e. The van der Waals surface area contributed by atoms with E-state index in [0.717, 1.165) is 30.3 Å². The van der Waals surface area contributed by atoms with Gasteiger partial charge < -0.3 is 10.7 Å². The minimum absolute atomic E-state index is 0.758. The van der Waals surface area contributed by atoms with E-state index in [9.17, 15) is 0 Å². The third-order valence-electron chi connectivity index (χ3n) is 4.06. The van der Waals surface area contributed by atoms with Crippen molar-refractivity contribution in [2.24, 2.45) is 5.73 Å². The Balaban J connectivity index is 2.13. The van der Waals surface area contributed by atoms with Crippen LogP contribution < -0.4 is 5.73 Å². The molecule has 0 saturated heterocycles. The highest BCUT2D eigenvalue weighted by Gasteiger charge is 2.13. The topological polar surface area (TPSA) is 41.8 Å². The number of hydrogen-bond acceptors (Lipinski definition) is 1. The zero-order valence-corrected chi connectivity index (χ0v) is 14.4. The molecule has 3 heteroatoms. The van der Waals surface area contributed by atoms with Crippen LogP contribution in [0.15, 0.2) is 46.9 Å². The maximum absolute atomic E-state index is 5.66. The molecule has 3 N–H and O–H groups in total. The number of rotatable bonds is 5. The molecule has 0 spiro atoms. The number of nitrogens with two attached hydrogens (primary N) is 1. The van der Waals surface area contributed by atoms with E-state index in [1.165, 1.54) is 33.3 Å². The highest BCUT2D eigenvalue weighted by atomic mass is 79.9. The zero-order valence-electron chi connectivity index (χ0n) is 12.8. The Morgan fingerprint density at radius 2 is 1.95 bits per heavy atom. The lowest BCUT2D eigenvalue weighted by molar-refractivity contribution is 0.748. The first kappa shape index (κ1) is 15.3. The molecule has 2 nitrogen and oxygen atoms in total. The second-order valence-corrected chi connectivity index (χ2v) is 6.70. The van der Waals surface area contributed by atoms with Crippen LogP contribution in [-0.2, 0) is 6.42 Å². The molecule has 114 valence electrons. The molecule has 3 aromatic rings. The summed E-state index contributed by atoms with van der Waals surface area (Å²) in [6, 6.07) is 15.1. The Morgan fingerprint density at radius 1 is 1.09 bits per heavy atom. The van der Waals surface area contributed by atoms with Crippen LogP contribution in [0, 0.1) is 6.92 Å². The van der Waals surface area contributed by atoms with E-state index in [4.69, 9.17) is 5.73 Å². The van der Waals surface area contributed by atoms with Crippen molar-refractivity contribution in [2.75, 3.05) is 6.54 Å². The molecule has 0 fully saturated rings. The number of unbranched alkanes of at least 4 members (excludes halogenated alkanes) is 1. The number of aromatic amines is 1. The fourth-order valence-electron chi connectivity index (χ4n) is 2.96. The molecule has 1 heterocycles. The van der Waals surface area contributed by atoms with Gasteiger partial charge in [0.05, 0.1) is 0 Å². The van der Waals surface area contributed by atoms with E-state index in [-0.39, 0.29) is 0 Å². The van der Waals surface area contributed by atoms with Gasteiger partial charge in [-0.15, -0.1) is 0 Å². The predicted molar refractivity (Wildman–Crippen MR) is 98.2 cm³/mol. The van der Waals surface area contributed by atoms with E-state index < -0.39 is 0 Å². The average molecular weight is 357 g/mol. The Hall–Kier alpha value is -1.58. The first-order chi connectivity index (χ1) is 10.7. The number of hydrogen-bond donors (Lipinski definition) is 2. The summed E-state index contributed by atoms with van der Waals surface area (Å²) in [5, 5.41) is 1.34. The molecule has 0 aliphatic heterocycles. The predicted octanol–water partition coefficient (Wildman–Crippen LogP) is 5.19. The van der Waals surface area contributed by atoms with E-state index in [1.54, 1.807) is 0 Å². The van der Waals surface area contributed by atoms with Crippen molar-refractivity contribution >= 4 is 26.8 Å². The first-order valence-corrected chi connectivity index (χ1v) is 8.55. The number of aromatic nitrogens is 1. The van der Waals surface area contributed by atoms with Crippen molar-refractivity contribution < 1.29 is 0 Å². The maximum atomic E-state index is 5.66. The number of aryl methyl sites for hydroxylation is 2. The molecule has 0 bridgehead atoms. The smallest absolute Gasteiger partial charge is 0.0497 e. The normalized spacial score (nSPS) is 11.2. The molecule has 22 heavy (non-hydrogen) atoms. The Bertz CT molecular complexity index is 789. The number of nitrogens with one attached hydrogen (secondary N) is 1. The van der Waals surface area contributed by atoms with E-state index in [0.29, 0.717) is 0 Å². The Morgan fingerprint density at radius 3 is 2.73 bits per heavy atom. The van der Waals surface area contributed by atoms with E-state index >= 15 is 0 Å². The Labute approximate surface area is 139 Å². The van der Waals surface area contributed by atoms with Crippen molar-refractivity contribution in [3.8, 4) is 11.3 Å². The first-order valence-electron chi connectivity index (χ1n) is 7.76. The van der Waals surface area contributed by atoms with Gasteiger partial charge in [0.15, 0.2) is 0 Å². The van der Waals surface area contributed by atoms with Crippen molar-refractivity contribution in [2.45, 2.75) is 26.2 Å². The van der Waals surface area contributed by atoms with Gasteiger partial charge in [-0.1, -0.05) is 39.7 Å². The monoisotopic (exact) mass is 356 g/mol. The third kappa shape index (κ3) is 3.11. The molecule has 0 amide bonds. The van der Waals surface area contributed by atoms with Gasteiger partial charge in [-0.2, -0.15) is 0 Å². The summed E-state index contributed by atoms with van der Waals surface area (Å²) in [5.41, 5.74) is 12.0. The van der Waals surface area contributed by atoms with Gasteiger partial charge in [-0.3, -0.25) is 0 Å². The summed E-state index contributed by atoms with van der Waals surface area (Å²) in [4.78, 5) is 3.61. The molecule has 0 unspecified atom stereocenters. The highest BCUT2D eigenvalue weighted by molar-refractivity contribution is 9.10. The minimum atomic E-state index is 0.758. The van der Waals surface area contributed by atoms with Crippen molar-refractivity contribution in [3.63, 3.8) is 0 Å². The molecule has 0 aliphatic rings. The van der Waals surface area contributed by atoms with Crippen LogP contribution in [0.25, 0.3) is 22.2 Å². The summed E-state index contributed by atoms with van der Waals surface area (Å²) in [7, 11) is 0. The van der Waals surface area contributed by atoms with Crippen LogP contribution in [0.4, 0.5) is 0 Å². The van der Waals surface area contributed by atoms with E-state index in [2.05, 4.69) is 70.3 Å². The quantitative estimate of drug-likeness (QED) is 0.607. The summed E-state index contributed by atoms with van der Waals surface area (Å²) >= 11 is 3.57. The van der Waals surface area contributed by atoms with Gasteiger partial charge in [0, 0.05) is 21.1 Å². The number of fused-ring (bicyclic) bond motifs is 1. The lowest BCUT2D eigenvalue weighted by atomic mass is 9.99. The number of halogens is 1. The lowest BCUT2D eigenvalue weighted by Gasteiger charge is -2.06. The van der Waals surface area contributed by atoms with Gasteiger partial charge in [-0.05, 0) is 68.1 Å². The maximum Gasteiger partial charge on any atom is 0.0497 e. The highest BCUT2D eigenvalue weighted by Crippen LogP contribution is 2.33. The average Bonchev–Trinajstić information content (AvgIpc) is 2.86. The standard InChI is InChI=1S/C19H21BrN2/c1-13-8-9-18-17(11-13)16(7-2-3-10-21)19(22-18)14-5-4-6-15(20)12-14/h4-6,8-9,11-12,22H,2-3,7,10,21H2,1H3. The number of benzene rings is 2. The fourth-order valence-corrected chi connectivity index (χ4v) is 3.36. The SMILES string of the molecule is Cc1ccc2[nH]c(-c3cccc(Br)c3)c(CCCCN)c2c1. The molecule has 0 atom stereocenters. The van der Waals surface area contributed by atoms with Crippen LogP contribution in [0.3, 0.4) is 0 Å². The summed E-state index contributed by atoms with van der Waals surface area (Å²) in [6.45, 7) is 2.91. The fraction of sp³-hybridized carbons (Fsp3) is 0.263. The second kappa shape index (κ2) is 6.67. The van der Waals surface area contributed by atoms with Gasteiger partial charge in [0.2, 0.25) is 0 Å². The van der Waals surface area contributed by atoms with Gasteiger partial charge >= 0.3 is 0 Å². The second-order valence-electron chi connectivity index (χ2n) is 5.78. The van der Waals surface area contributed by atoms with E-state index in [1.807, 2.05) is 0 Å². The van der Waals surface area contributed by atoms with Crippen LogP contribution in [0.5, 0.6) is 0 Å². The summed E-state index contributed by atoms with van der Waals surface area (Å²) in [5.74, 6) is 0.